The molecular weight excluding hydrogens is 195 g/mol. The predicted octanol–water partition coefficient (Wildman–Crippen LogP) is -4.07. The summed E-state index contributed by atoms with van der Waals surface area (Å²) < 4.78 is 27.7. The van der Waals surface area contributed by atoms with Gasteiger partial charge in [-0.25, -0.2) is 0 Å². The van der Waals surface area contributed by atoms with E-state index in [4.69, 9.17) is 5.73 Å². The summed E-state index contributed by atoms with van der Waals surface area (Å²) in [5, 5.41) is 0. The van der Waals surface area contributed by atoms with E-state index in [0.29, 0.717) is 0 Å². The van der Waals surface area contributed by atoms with Gasteiger partial charge in [0.25, 0.3) is 0 Å². The number of hydrogen-bond donors (Lipinski definition) is 2. The molecule has 0 heterocycles. The first-order valence-electron chi connectivity index (χ1n) is 2.96. The zero-order valence-electron chi connectivity index (χ0n) is 7.83. The first kappa shape index (κ1) is 15.0. The number of hydrogen-bond acceptors (Lipinski definition) is 4. The van der Waals surface area contributed by atoms with Crippen molar-refractivity contribution in [3.05, 3.63) is 0 Å². The van der Waals surface area contributed by atoms with Crippen molar-refractivity contribution in [3.8, 4) is 0 Å². The Balaban J connectivity index is -0.000000405. The summed E-state index contributed by atoms with van der Waals surface area (Å²) >= 11 is 0. The molecule has 0 rings (SSSR count). The van der Waals surface area contributed by atoms with Crippen molar-refractivity contribution in [2.24, 2.45) is 5.73 Å². The minimum Gasteiger partial charge on any atom is -1.00 e. The molecule has 64 valence electrons. The first-order valence-corrected chi connectivity index (χ1v) is 4.37. The average Bonchev–Trinajstić information content (AvgIpc) is 1.84. The van der Waals surface area contributed by atoms with Crippen molar-refractivity contribution in [1.29, 1.82) is 0 Å². The fourth-order valence-electron chi connectivity index (χ4n) is 0.381. The molecule has 0 spiro atoms. The molecule has 11 heavy (non-hydrogen) atoms. The second-order valence-electron chi connectivity index (χ2n) is 1.54. The van der Waals surface area contributed by atoms with Crippen LogP contribution in [0.1, 0.15) is 8.35 Å². The Morgan fingerprint density at radius 1 is 1.64 bits per heavy atom. The van der Waals surface area contributed by atoms with Gasteiger partial charge in [0.1, 0.15) is 0 Å². The zero-order valence-corrected chi connectivity index (χ0v) is 10.8. The van der Waals surface area contributed by atoms with Crippen LogP contribution in [0.15, 0.2) is 0 Å². The van der Waals surface area contributed by atoms with E-state index in [-0.39, 0.29) is 72.5 Å². The molecule has 0 saturated carbocycles. The van der Waals surface area contributed by atoms with E-state index >= 15 is 0 Å². The normalized spacial score (nSPS) is 10.7. The third kappa shape index (κ3) is 9.38. The predicted molar refractivity (Wildman–Crippen MR) is 38.7 cm³/mol. The molecule has 0 amide bonds. The quantitative estimate of drug-likeness (QED) is 0.450. The van der Waals surface area contributed by atoms with Gasteiger partial charge in [0.2, 0.25) is 0 Å². The van der Waals surface area contributed by atoms with Crippen molar-refractivity contribution in [3.63, 3.8) is 0 Å². The average molecular weight is 208 g/mol. The van der Waals surface area contributed by atoms with Gasteiger partial charge in [-0.1, -0.05) is 0 Å². The van der Waals surface area contributed by atoms with Gasteiger partial charge in [-0.05, 0) is 6.92 Å². The summed E-state index contributed by atoms with van der Waals surface area (Å²) in [6, 6.07) is 0. The van der Waals surface area contributed by atoms with E-state index in [1.165, 1.54) is 0 Å². The zero-order chi connectivity index (χ0) is 8.04. The Morgan fingerprint density at radius 3 is 2.55 bits per heavy atom. The smallest absolute Gasteiger partial charge is 1.00 e. The standard InChI is InChI=1S/C4H12N2O3S.K.H/c1-2-9-10(7,8)6-4-3-5;;/h6H,2-5H2,1H3;;/q;+1;-1. The third-order valence-electron chi connectivity index (χ3n) is 0.696. The van der Waals surface area contributed by atoms with Crippen LogP contribution in [0.5, 0.6) is 0 Å². The van der Waals surface area contributed by atoms with E-state index < -0.39 is 10.3 Å². The molecule has 0 aromatic carbocycles. The van der Waals surface area contributed by atoms with Crippen LogP contribution in [-0.4, -0.2) is 28.1 Å². The molecule has 0 radical (unpaired) electrons. The molecule has 0 aliphatic rings. The molecule has 5 nitrogen and oxygen atoms in total. The summed E-state index contributed by atoms with van der Waals surface area (Å²) in [5.41, 5.74) is 5.05. The van der Waals surface area contributed by atoms with E-state index in [1.807, 2.05) is 0 Å². The minimum absolute atomic E-state index is 0. The number of rotatable bonds is 5. The maximum Gasteiger partial charge on any atom is 1.00 e. The van der Waals surface area contributed by atoms with Crippen molar-refractivity contribution in [1.82, 2.24) is 4.72 Å². The largest absolute Gasteiger partial charge is 1.00 e. The maximum absolute atomic E-state index is 10.6. The van der Waals surface area contributed by atoms with Crippen molar-refractivity contribution >= 4 is 10.3 Å². The van der Waals surface area contributed by atoms with E-state index in [0.717, 1.165) is 0 Å². The van der Waals surface area contributed by atoms with Gasteiger partial charge < -0.3 is 7.16 Å². The van der Waals surface area contributed by atoms with E-state index in [2.05, 4.69) is 8.91 Å². The second-order valence-corrected chi connectivity index (χ2v) is 2.98. The SMILES string of the molecule is CCOS(=O)(=O)NCCN.[H-].[K+]. The molecule has 0 aliphatic heterocycles. The summed E-state index contributed by atoms with van der Waals surface area (Å²) in [6.07, 6.45) is 0. The van der Waals surface area contributed by atoms with Gasteiger partial charge in [0, 0.05) is 13.1 Å². The molecule has 0 unspecified atom stereocenters. The minimum atomic E-state index is -3.52. The molecule has 0 aliphatic carbocycles. The summed E-state index contributed by atoms with van der Waals surface area (Å²) in [7, 11) is -3.52. The first-order chi connectivity index (χ1) is 4.62. The molecule has 0 bridgehead atoms. The Hall–Kier alpha value is 1.47. The Morgan fingerprint density at radius 2 is 2.18 bits per heavy atom. The molecule has 0 fully saturated rings. The van der Waals surface area contributed by atoms with Crippen LogP contribution in [0, 0.1) is 0 Å². The van der Waals surface area contributed by atoms with Crippen LogP contribution in [0.3, 0.4) is 0 Å². The molecule has 3 N–H and O–H groups in total. The molecule has 0 aromatic heterocycles. The van der Waals surface area contributed by atoms with E-state index in [1.54, 1.807) is 6.92 Å². The van der Waals surface area contributed by atoms with Crippen LogP contribution >= 0.6 is 0 Å². The Kier molecular flexibility index (Phi) is 11.0. The van der Waals surface area contributed by atoms with Gasteiger partial charge in [0.15, 0.2) is 0 Å². The summed E-state index contributed by atoms with van der Waals surface area (Å²) in [5.74, 6) is 0. The topological polar surface area (TPSA) is 81.4 Å². The van der Waals surface area contributed by atoms with Gasteiger partial charge in [0.05, 0.1) is 6.61 Å². The molecule has 0 atom stereocenters. The third-order valence-corrected chi connectivity index (χ3v) is 1.80. The summed E-state index contributed by atoms with van der Waals surface area (Å²) in [6.45, 7) is 2.22. The Labute approximate surface area is 111 Å². The number of nitrogens with two attached hydrogens (primary N) is 1. The van der Waals surface area contributed by atoms with E-state index in [9.17, 15) is 8.42 Å². The monoisotopic (exact) mass is 208 g/mol. The maximum atomic E-state index is 10.6. The van der Waals surface area contributed by atoms with Crippen molar-refractivity contribution in [2.45, 2.75) is 6.92 Å². The number of nitrogens with one attached hydrogen (secondary N) is 1. The Bertz CT molecular complexity index is 175. The second kappa shape index (κ2) is 8.08. The fourth-order valence-corrected chi connectivity index (χ4v) is 1.14. The van der Waals surface area contributed by atoms with Gasteiger partial charge in [-0.3, -0.25) is 4.18 Å². The molecule has 0 aromatic rings. The molecule has 0 saturated heterocycles. The van der Waals surface area contributed by atoms with Crippen LogP contribution < -0.4 is 61.8 Å². The van der Waals surface area contributed by atoms with Gasteiger partial charge in [-0.15, -0.1) is 0 Å². The van der Waals surface area contributed by atoms with Gasteiger partial charge in [-0.2, -0.15) is 13.1 Å². The molecular formula is C4H13KN2O3S. The molecule has 7 heteroatoms. The van der Waals surface area contributed by atoms with Crippen LogP contribution in [0.4, 0.5) is 0 Å². The van der Waals surface area contributed by atoms with Gasteiger partial charge >= 0.3 is 61.7 Å². The van der Waals surface area contributed by atoms with Crippen molar-refractivity contribution < 1.29 is 65.4 Å². The summed E-state index contributed by atoms with van der Waals surface area (Å²) in [4.78, 5) is 0. The van der Waals surface area contributed by atoms with Crippen LogP contribution in [0.25, 0.3) is 0 Å². The van der Waals surface area contributed by atoms with Crippen molar-refractivity contribution in [2.75, 3.05) is 19.7 Å². The van der Waals surface area contributed by atoms with Crippen LogP contribution in [-0.2, 0) is 14.5 Å². The van der Waals surface area contributed by atoms with Crippen LogP contribution in [0.2, 0.25) is 0 Å². The fraction of sp³-hybridized carbons (Fsp3) is 1.00.